The van der Waals surface area contributed by atoms with Crippen molar-refractivity contribution < 1.29 is 14.4 Å². The second kappa shape index (κ2) is 6.09. The summed E-state index contributed by atoms with van der Waals surface area (Å²) in [4.78, 5) is 20.3. The highest BCUT2D eigenvalue weighted by Gasteiger charge is 2.45. The average Bonchev–Trinajstić information content (AvgIpc) is 3.09. The number of carbonyl (C=O) groups excluding carboxylic acids is 1. The monoisotopic (exact) mass is 334 g/mol. The summed E-state index contributed by atoms with van der Waals surface area (Å²) in [5.74, 6) is 0.353. The average molecular weight is 334 g/mol. The number of rotatable bonds is 3. The maximum absolute atomic E-state index is 13.0. The van der Waals surface area contributed by atoms with E-state index < -0.39 is 5.92 Å². The van der Waals surface area contributed by atoms with Crippen molar-refractivity contribution in [1.82, 2.24) is 4.90 Å². The lowest BCUT2D eigenvalue weighted by molar-refractivity contribution is -0.131. The first-order chi connectivity index (χ1) is 12.2. The first-order valence-electron chi connectivity index (χ1n) is 8.12. The van der Waals surface area contributed by atoms with Gasteiger partial charge in [-0.05, 0) is 35.9 Å². The summed E-state index contributed by atoms with van der Waals surface area (Å²) in [7, 11) is 3.42. The zero-order valence-electron chi connectivity index (χ0n) is 14.0. The van der Waals surface area contributed by atoms with Gasteiger partial charge in [-0.2, -0.15) is 0 Å². The van der Waals surface area contributed by atoms with Crippen LogP contribution in [0.25, 0.3) is 5.70 Å². The van der Waals surface area contributed by atoms with Crippen molar-refractivity contribution in [1.29, 1.82) is 0 Å². The van der Waals surface area contributed by atoms with Crippen LogP contribution < -0.4 is 4.74 Å². The first-order valence-corrected chi connectivity index (χ1v) is 8.12. The Hall–Kier alpha value is -3.08. The van der Waals surface area contributed by atoms with E-state index in [1.54, 1.807) is 19.1 Å². The standard InChI is InChI=1S/C20H18N2O3/c1-22-16(13-8-10-15(24-2)11-9-13)12-17-18(20(22)23)19(21-25-17)14-6-4-3-5-7-14/h3-12,17-18H,1-2H3. The predicted octanol–water partition coefficient (Wildman–Crippen LogP) is 2.93. The van der Waals surface area contributed by atoms with Crippen LogP contribution in [-0.4, -0.2) is 36.8 Å². The molecule has 0 bridgehead atoms. The Kier molecular flexibility index (Phi) is 3.76. The highest BCUT2D eigenvalue weighted by atomic mass is 16.6. The van der Waals surface area contributed by atoms with E-state index in [9.17, 15) is 4.79 Å². The number of fused-ring (bicyclic) bond motifs is 1. The number of benzene rings is 2. The van der Waals surface area contributed by atoms with Gasteiger partial charge in [0, 0.05) is 12.6 Å². The third kappa shape index (κ3) is 2.58. The second-order valence-electron chi connectivity index (χ2n) is 6.07. The molecule has 2 unspecified atom stereocenters. The number of ether oxygens (including phenoxy) is 1. The van der Waals surface area contributed by atoms with Gasteiger partial charge in [-0.3, -0.25) is 4.79 Å². The minimum Gasteiger partial charge on any atom is -0.497 e. The number of hydrogen-bond donors (Lipinski definition) is 0. The fourth-order valence-electron chi connectivity index (χ4n) is 3.26. The van der Waals surface area contributed by atoms with Crippen LogP contribution in [-0.2, 0) is 9.63 Å². The molecule has 25 heavy (non-hydrogen) atoms. The molecule has 4 rings (SSSR count). The zero-order chi connectivity index (χ0) is 17.4. The van der Waals surface area contributed by atoms with E-state index in [1.165, 1.54) is 0 Å². The number of carbonyl (C=O) groups is 1. The maximum atomic E-state index is 13.0. The SMILES string of the molecule is COc1ccc(C2=CC3ON=C(c4ccccc4)C3C(=O)N2C)cc1. The van der Waals surface area contributed by atoms with E-state index in [-0.39, 0.29) is 12.0 Å². The molecule has 2 aromatic rings. The summed E-state index contributed by atoms with van der Waals surface area (Å²) in [6, 6.07) is 17.3. The number of oxime groups is 1. The quantitative estimate of drug-likeness (QED) is 0.867. The molecule has 0 fully saturated rings. The van der Waals surface area contributed by atoms with E-state index in [2.05, 4.69) is 5.16 Å². The first kappa shape index (κ1) is 15.4. The van der Waals surface area contributed by atoms with Crippen LogP contribution in [0.5, 0.6) is 5.75 Å². The Labute approximate surface area is 146 Å². The topological polar surface area (TPSA) is 51.1 Å². The lowest BCUT2D eigenvalue weighted by atomic mass is 9.87. The van der Waals surface area contributed by atoms with E-state index in [1.807, 2.05) is 60.7 Å². The highest BCUT2D eigenvalue weighted by molar-refractivity contribution is 6.16. The molecule has 0 aliphatic carbocycles. The van der Waals surface area contributed by atoms with Gasteiger partial charge in [-0.1, -0.05) is 35.5 Å². The van der Waals surface area contributed by atoms with Gasteiger partial charge in [0.1, 0.15) is 17.4 Å². The number of amides is 1. The molecule has 126 valence electrons. The molecule has 0 saturated heterocycles. The Morgan fingerprint density at radius 3 is 2.44 bits per heavy atom. The smallest absolute Gasteiger partial charge is 0.240 e. The fourth-order valence-corrected chi connectivity index (χ4v) is 3.26. The lowest BCUT2D eigenvalue weighted by Gasteiger charge is -2.31. The van der Waals surface area contributed by atoms with E-state index in [4.69, 9.17) is 9.57 Å². The lowest BCUT2D eigenvalue weighted by Crippen LogP contribution is -2.43. The van der Waals surface area contributed by atoms with Crippen LogP contribution in [0.3, 0.4) is 0 Å². The minimum absolute atomic E-state index is 0.0154. The Bertz CT molecular complexity index is 856. The number of nitrogens with zero attached hydrogens (tertiary/aromatic N) is 2. The molecule has 0 N–H and O–H groups in total. The van der Waals surface area contributed by atoms with E-state index >= 15 is 0 Å². The molecule has 0 aromatic heterocycles. The van der Waals surface area contributed by atoms with Crippen LogP contribution in [0.15, 0.2) is 65.8 Å². The molecular formula is C20H18N2O3. The molecule has 2 aliphatic rings. The molecule has 2 aliphatic heterocycles. The largest absolute Gasteiger partial charge is 0.497 e. The number of methoxy groups -OCH3 is 1. The Morgan fingerprint density at radius 1 is 1.04 bits per heavy atom. The molecule has 5 nitrogen and oxygen atoms in total. The van der Waals surface area contributed by atoms with Gasteiger partial charge in [0.2, 0.25) is 5.91 Å². The Balaban J connectivity index is 1.68. The summed E-state index contributed by atoms with van der Waals surface area (Å²) < 4.78 is 5.19. The maximum Gasteiger partial charge on any atom is 0.240 e. The zero-order valence-corrected chi connectivity index (χ0v) is 14.0. The summed E-state index contributed by atoms with van der Waals surface area (Å²) in [5.41, 5.74) is 3.36. The normalized spacial score (nSPS) is 22.0. The molecular weight excluding hydrogens is 316 g/mol. The summed E-state index contributed by atoms with van der Waals surface area (Å²) in [5, 5.41) is 4.20. The van der Waals surface area contributed by atoms with Crippen LogP contribution >= 0.6 is 0 Å². The van der Waals surface area contributed by atoms with E-state index in [0.717, 1.165) is 22.6 Å². The molecule has 0 spiro atoms. The molecule has 5 heteroatoms. The minimum atomic E-state index is -0.408. The van der Waals surface area contributed by atoms with Crippen molar-refractivity contribution in [2.45, 2.75) is 6.10 Å². The van der Waals surface area contributed by atoms with Crippen LogP contribution in [0.1, 0.15) is 11.1 Å². The van der Waals surface area contributed by atoms with Gasteiger partial charge in [0.05, 0.1) is 12.8 Å². The molecule has 1 amide bonds. The summed E-state index contributed by atoms with van der Waals surface area (Å²) in [6.45, 7) is 0. The third-order valence-corrected chi connectivity index (χ3v) is 4.63. The van der Waals surface area contributed by atoms with Gasteiger partial charge < -0.3 is 14.5 Å². The van der Waals surface area contributed by atoms with Crippen molar-refractivity contribution in [3.8, 4) is 5.75 Å². The number of hydrogen-bond acceptors (Lipinski definition) is 4. The van der Waals surface area contributed by atoms with Crippen molar-refractivity contribution in [3.63, 3.8) is 0 Å². The van der Waals surface area contributed by atoms with Crippen LogP contribution in [0, 0.1) is 5.92 Å². The third-order valence-electron chi connectivity index (χ3n) is 4.63. The summed E-state index contributed by atoms with van der Waals surface area (Å²) >= 11 is 0. The second-order valence-corrected chi connectivity index (χ2v) is 6.07. The van der Waals surface area contributed by atoms with Gasteiger partial charge in [-0.25, -0.2) is 0 Å². The summed E-state index contributed by atoms with van der Waals surface area (Å²) in [6.07, 6.45) is 1.59. The fraction of sp³-hybridized carbons (Fsp3) is 0.200. The molecule has 2 aromatic carbocycles. The Morgan fingerprint density at radius 2 is 1.76 bits per heavy atom. The van der Waals surface area contributed by atoms with Crippen molar-refractivity contribution in [2.75, 3.05) is 14.2 Å². The van der Waals surface area contributed by atoms with Crippen molar-refractivity contribution in [3.05, 3.63) is 71.8 Å². The van der Waals surface area contributed by atoms with Crippen molar-refractivity contribution in [2.24, 2.45) is 11.1 Å². The van der Waals surface area contributed by atoms with Crippen molar-refractivity contribution >= 4 is 17.3 Å². The van der Waals surface area contributed by atoms with E-state index in [0.29, 0.717) is 5.71 Å². The molecule has 0 radical (unpaired) electrons. The van der Waals surface area contributed by atoms with Crippen LogP contribution in [0.4, 0.5) is 0 Å². The van der Waals surface area contributed by atoms with Gasteiger partial charge >= 0.3 is 0 Å². The molecule has 2 atom stereocenters. The predicted molar refractivity (Wildman–Crippen MR) is 95.1 cm³/mol. The molecule has 0 saturated carbocycles. The van der Waals surface area contributed by atoms with Crippen LogP contribution in [0.2, 0.25) is 0 Å². The highest BCUT2D eigenvalue weighted by Crippen LogP contribution is 2.35. The van der Waals surface area contributed by atoms with Gasteiger partial charge in [0.25, 0.3) is 0 Å². The van der Waals surface area contributed by atoms with Gasteiger partial charge in [-0.15, -0.1) is 0 Å². The van der Waals surface area contributed by atoms with Gasteiger partial charge in [0.15, 0.2) is 6.10 Å². The molecule has 2 heterocycles.